The predicted molar refractivity (Wildman–Crippen MR) is 120 cm³/mol. The topological polar surface area (TPSA) is 105 Å². The number of carbonyl (C=O) groups excluding carboxylic acids is 2. The van der Waals surface area contributed by atoms with Crippen LogP contribution >= 0.6 is 0 Å². The zero-order chi connectivity index (χ0) is 23.5. The molecule has 8 heteroatoms. The molecular formula is C25H21FN2O5. The van der Waals surface area contributed by atoms with Crippen LogP contribution in [0.25, 0.3) is 11.1 Å². The number of carboxylic acid groups (broad SMARTS) is 1. The minimum atomic E-state index is -1.24. The molecule has 0 radical (unpaired) electrons. The van der Waals surface area contributed by atoms with Crippen LogP contribution in [0, 0.1) is 5.82 Å². The van der Waals surface area contributed by atoms with Crippen molar-refractivity contribution in [3.05, 3.63) is 89.2 Å². The molecule has 1 atom stereocenters. The van der Waals surface area contributed by atoms with E-state index in [4.69, 9.17) is 9.84 Å². The van der Waals surface area contributed by atoms with Gasteiger partial charge in [-0.3, -0.25) is 14.9 Å². The Morgan fingerprint density at radius 1 is 0.970 bits per heavy atom. The highest BCUT2D eigenvalue weighted by Crippen LogP contribution is 2.44. The van der Waals surface area contributed by atoms with Gasteiger partial charge in [0.15, 0.2) is 0 Å². The first-order valence-electron chi connectivity index (χ1n) is 10.3. The van der Waals surface area contributed by atoms with Gasteiger partial charge in [0.05, 0.1) is 11.3 Å². The second-order valence-electron chi connectivity index (χ2n) is 7.65. The first-order chi connectivity index (χ1) is 15.9. The highest BCUT2D eigenvalue weighted by molar-refractivity contribution is 6.04. The first-order valence-corrected chi connectivity index (χ1v) is 10.3. The number of hydrogen-bond acceptors (Lipinski definition) is 4. The molecule has 1 aliphatic rings. The van der Waals surface area contributed by atoms with E-state index in [1.807, 2.05) is 48.5 Å². The van der Waals surface area contributed by atoms with Crippen LogP contribution in [0.4, 0.5) is 14.9 Å². The number of benzene rings is 3. The molecule has 0 aliphatic heterocycles. The van der Waals surface area contributed by atoms with Crippen molar-refractivity contribution in [1.29, 1.82) is 0 Å². The summed E-state index contributed by atoms with van der Waals surface area (Å²) in [4.78, 5) is 36.0. The molecule has 3 aromatic rings. The number of anilines is 1. The van der Waals surface area contributed by atoms with Gasteiger partial charge in [-0.05, 0) is 41.3 Å². The van der Waals surface area contributed by atoms with Crippen molar-refractivity contribution in [1.82, 2.24) is 5.32 Å². The Labute approximate surface area is 189 Å². The van der Waals surface area contributed by atoms with Crippen LogP contribution in [-0.2, 0) is 9.53 Å². The summed E-state index contributed by atoms with van der Waals surface area (Å²) in [5.41, 5.74) is 3.60. The van der Waals surface area contributed by atoms with E-state index in [0.29, 0.717) is 0 Å². The highest BCUT2D eigenvalue weighted by Gasteiger charge is 2.29. The number of halogens is 1. The number of ether oxygens (including phenoxy) is 1. The highest BCUT2D eigenvalue weighted by atomic mass is 19.1. The van der Waals surface area contributed by atoms with Gasteiger partial charge in [0.2, 0.25) is 0 Å². The summed E-state index contributed by atoms with van der Waals surface area (Å²) in [6.45, 7) is 1.30. The molecule has 3 aromatic carbocycles. The van der Waals surface area contributed by atoms with E-state index < -0.39 is 29.8 Å². The number of rotatable bonds is 6. The van der Waals surface area contributed by atoms with E-state index >= 15 is 0 Å². The van der Waals surface area contributed by atoms with Crippen LogP contribution in [0.1, 0.15) is 34.3 Å². The molecule has 0 saturated carbocycles. The molecule has 33 heavy (non-hydrogen) atoms. The monoisotopic (exact) mass is 448 g/mol. The van der Waals surface area contributed by atoms with Gasteiger partial charge in [-0.2, -0.15) is 0 Å². The predicted octanol–water partition coefficient (Wildman–Crippen LogP) is 4.39. The second-order valence-corrected chi connectivity index (χ2v) is 7.65. The van der Waals surface area contributed by atoms with Crippen LogP contribution in [0.15, 0.2) is 66.7 Å². The van der Waals surface area contributed by atoms with Gasteiger partial charge in [-0.1, -0.05) is 54.6 Å². The number of carboxylic acids is 1. The summed E-state index contributed by atoms with van der Waals surface area (Å²) in [7, 11) is 0. The smallest absolute Gasteiger partial charge is 0.411 e. The fourth-order valence-electron chi connectivity index (χ4n) is 3.91. The third kappa shape index (κ3) is 4.41. The van der Waals surface area contributed by atoms with E-state index in [1.54, 1.807) is 0 Å². The molecule has 0 spiro atoms. The van der Waals surface area contributed by atoms with E-state index in [9.17, 15) is 18.8 Å². The van der Waals surface area contributed by atoms with Gasteiger partial charge in [0.1, 0.15) is 18.5 Å². The lowest BCUT2D eigenvalue weighted by molar-refractivity contribution is -0.138. The summed E-state index contributed by atoms with van der Waals surface area (Å²) in [5, 5.41) is 13.5. The van der Waals surface area contributed by atoms with Crippen molar-refractivity contribution in [3.8, 4) is 11.1 Å². The zero-order valence-corrected chi connectivity index (χ0v) is 17.7. The molecule has 4 rings (SSSR count). The second kappa shape index (κ2) is 9.12. The van der Waals surface area contributed by atoms with Gasteiger partial charge in [-0.25, -0.2) is 9.18 Å². The average Bonchev–Trinajstić information content (AvgIpc) is 3.12. The van der Waals surface area contributed by atoms with E-state index in [-0.39, 0.29) is 23.8 Å². The molecule has 0 heterocycles. The number of para-hydroxylation sites is 1. The molecule has 2 amide bonds. The van der Waals surface area contributed by atoms with Gasteiger partial charge in [0, 0.05) is 5.92 Å². The standard InChI is InChI=1S/C25H21FN2O5/c1-14(24(30)31)27-23(29)19-11-6-12-21(26)22(19)28-25(32)33-13-20-17-9-4-2-7-15(17)16-8-3-5-10-18(16)20/h2-12,14,20H,13H2,1H3,(H,27,29)(H,28,32)(H,30,31)/t14-/m0/s1. The average molecular weight is 448 g/mol. The molecular weight excluding hydrogens is 427 g/mol. The fourth-order valence-corrected chi connectivity index (χ4v) is 3.91. The molecule has 168 valence electrons. The fraction of sp³-hybridized carbons (Fsp3) is 0.160. The van der Waals surface area contributed by atoms with Crippen molar-refractivity contribution >= 4 is 23.7 Å². The molecule has 3 N–H and O–H groups in total. The molecule has 0 saturated heterocycles. The van der Waals surface area contributed by atoms with Crippen molar-refractivity contribution in [2.24, 2.45) is 0 Å². The molecule has 0 unspecified atom stereocenters. The van der Waals surface area contributed by atoms with Crippen LogP contribution < -0.4 is 10.6 Å². The number of fused-ring (bicyclic) bond motifs is 3. The lowest BCUT2D eigenvalue weighted by Gasteiger charge is -2.16. The number of amides is 2. The summed E-state index contributed by atoms with van der Waals surface area (Å²) in [5.74, 6) is -3.11. The summed E-state index contributed by atoms with van der Waals surface area (Å²) in [6, 6.07) is 18.2. The Kier molecular flexibility index (Phi) is 6.08. The van der Waals surface area contributed by atoms with Crippen LogP contribution in [-0.4, -0.2) is 35.7 Å². The van der Waals surface area contributed by atoms with Crippen molar-refractivity contribution < 1.29 is 28.6 Å². The van der Waals surface area contributed by atoms with Crippen LogP contribution in [0.3, 0.4) is 0 Å². The molecule has 7 nitrogen and oxygen atoms in total. The van der Waals surface area contributed by atoms with Crippen LogP contribution in [0.5, 0.6) is 0 Å². The van der Waals surface area contributed by atoms with E-state index in [1.165, 1.54) is 19.1 Å². The summed E-state index contributed by atoms with van der Waals surface area (Å²) < 4.78 is 19.8. The maximum absolute atomic E-state index is 14.4. The normalized spacial score (nSPS) is 12.9. The minimum absolute atomic E-state index is 0.0197. The van der Waals surface area contributed by atoms with Crippen molar-refractivity contribution in [2.75, 3.05) is 11.9 Å². The maximum Gasteiger partial charge on any atom is 0.411 e. The van der Waals surface area contributed by atoms with Gasteiger partial charge in [0.25, 0.3) is 5.91 Å². The third-order valence-corrected chi connectivity index (χ3v) is 5.55. The Morgan fingerprint density at radius 2 is 1.58 bits per heavy atom. The maximum atomic E-state index is 14.4. The lowest BCUT2D eigenvalue weighted by Crippen LogP contribution is -2.38. The Morgan fingerprint density at radius 3 is 2.18 bits per heavy atom. The van der Waals surface area contributed by atoms with E-state index in [2.05, 4.69) is 10.6 Å². The van der Waals surface area contributed by atoms with Crippen molar-refractivity contribution in [3.63, 3.8) is 0 Å². The zero-order valence-electron chi connectivity index (χ0n) is 17.7. The number of nitrogens with one attached hydrogen (secondary N) is 2. The lowest BCUT2D eigenvalue weighted by atomic mass is 9.98. The molecule has 0 bridgehead atoms. The molecule has 0 aromatic heterocycles. The SMILES string of the molecule is C[C@H](NC(=O)c1cccc(F)c1NC(=O)OCC1c2ccccc2-c2ccccc21)C(=O)O. The summed E-state index contributed by atoms with van der Waals surface area (Å²) in [6.07, 6.45) is -0.928. The first kappa shape index (κ1) is 22.0. The van der Waals surface area contributed by atoms with Crippen molar-refractivity contribution in [2.45, 2.75) is 18.9 Å². The number of carbonyl (C=O) groups is 3. The Hall–Kier alpha value is -4.20. The number of aliphatic carboxylic acids is 1. The Bertz CT molecular complexity index is 1200. The number of hydrogen-bond donors (Lipinski definition) is 3. The quantitative estimate of drug-likeness (QED) is 0.519. The Balaban J connectivity index is 1.49. The van der Waals surface area contributed by atoms with Crippen LogP contribution in [0.2, 0.25) is 0 Å². The third-order valence-electron chi connectivity index (χ3n) is 5.55. The van der Waals surface area contributed by atoms with Gasteiger partial charge in [-0.15, -0.1) is 0 Å². The summed E-state index contributed by atoms with van der Waals surface area (Å²) >= 11 is 0. The minimum Gasteiger partial charge on any atom is -0.480 e. The molecule has 1 aliphatic carbocycles. The van der Waals surface area contributed by atoms with Gasteiger partial charge < -0.3 is 15.2 Å². The van der Waals surface area contributed by atoms with E-state index in [0.717, 1.165) is 28.3 Å². The largest absolute Gasteiger partial charge is 0.480 e. The van der Waals surface area contributed by atoms with Gasteiger partial charge >= 0.3 is 12.1 Å². The molecule has 0 fully saturated rings.